The number of aromatic nitrogens is 2. The SMILES string of the molecule is Cc1ncnc(N2CC(C)OC(CCl)C2)c1F. The molecule has 0 spiro atoms. The second-order valence-corrected chi connectivity index (χ2v) is 4.53. The number of alkyl halides is 1. The number of rotatable bonds is 2. The molecule has 0 N–H and O–H groups in total. The normalized spacial score (nSPS) is 25.1. The van der Waals surface area contributed by atoms with E-state index in [2.05, 4.69) is 9.97 Å². The maximum atomic E-state index is 13.9. The van der Waals surface area contributed by atoms with Crippen molar-refractivity contribution >= 4 is 17.4 Å². The fourth-order valence-electron chi connectivity index (χ4n) is 1.97. The number of hydrogen-bond donors (Lipinski definition) is 0. The minimum Gasteiger partial charge on any atom is -0.370 e. The van der Waals surface area contributed by atoms with E-state index in [0.29, 0.717) is 30.5 Å². The number of nitrogens with zero attached hydrogens (tertiary/aromatic N) is 3. The average molecular weight is 260 g/mol. The van der Waals surface area contributed by atoms with E-state index in [1.807, 2.05) is 11.8 Å². The van der Waals surface area contributed by atoms with E-state index in [4.69, 9.17) is 16.3 Å². The van der Waals surface area contributed by atoms with Crippen LogP contribution in [0, 0.1) is 12.7 Å². The molecule has 2 rings (SSSR count). The third-order valence-corrected chi connectivity index (χ3v) is 3.09. The van der Waals surface area contributed by atoms with Crippen molar-refractivity contribution in [3.05, 3.63) is 17.8 Å². The van der Waals surface area contributed by atoms with Gasteiger partial charge >= 0.3 is 0 Å². The zero-order valence-electron chi connectivity index (χ0n) is 9.86. The molecule has 2 heterocycles. The van der Waals surface area contributed by atoms with Gasteiger partial charge in [-0.2, -0.15) is 0 Å². The molecule has 0 amide bonds. The van der Waals surface area contributed by atoms with Gasteiger partial charge in [-0.25, -0.2) is 14.4 Å². The topological polar surface area (TPSA) is 38.2 Å². The summed E-state index contributed by atoms with van der Waals surface area (Å²) in [6.07, 6.45) is 1.31. The fourth-order valence-corrected chi connectivity index (χ4v) is 2.14. The maximum Gasteiger partial charge on any atom is 0.186 e. The Labute approximate surface area is 105 Å². The molecule has 1 aromatic heterocycles. The van der Waals surface area contributed by atoms with Crippen molar-refractivity contribution < 1.29 is 9.13 Å². The third kappa shape index (κ3) is 2.66. The molecule has 0 bridgehead atoms. The zero-order chi connectivity index (χ0) is 12.4. The maximum absolute atomic E-state index is 13.9. The molecule has 1 saturated heterocycles. The van der Waals surface area contributed by atoms with E-state index in [-0.39, 0.29) is 18.0 Å². The van der Waals surface area contributed by atoms with Crippen LogP contribution in [0.25, 0.3) is 0 Å². The van der Waals surface area contributed by atoms with Gasteiger partial charge in [0.25, 0.3) is 0 Å². The van der Waals surface area contributed by atoms with Crippen LogP contribution in [0.4, 0.5) is 10.2 Å². The fraction of sp³-hybridized carbons (Fsp3) is 0.636. The van der Waals surface area contributed by atoms with Crippen LogP contribution >= 0.6 is 11.6 Å². The van der Waals surface area contributed by atoms with Gasteiger partial charge in [-0.1, -0.05) is 0 Å². The number of hydrogen-bond acceptors (Lipinski definition) is 4. The summed E-state index contributed by atoms with van der Waals surface area (Å²) in [5.74, 6) is 0.365. The van der Waals surface area contributed by atoms with Gasteiger partial charge in [0.05, 0.1) is 23.8 Å². The highest BCUT2D eigenvalue weighted by Gasteiger charge is 2.27. The van der Waals surface area contributed by atoms with Gasteiger partial charge in [0.2, 0.25) is 0 Å². The molecule has 2 unspecified atom stereocenters. The first-order chi connectivity index (χ1) is 8.11. The molecular formula is C11H15ClFN3O. The zero-order valence-corrected chi connectivity index (χ0v) is 10.6. The molecule has 6 heteroatoms. The molecule has 0 saturated carbocycles. The van der Waals surface area contributed by atoms with Crippen molar-refractivity contribution in [2.75, 3.05) is 23.9 Å². The van der Waals surface area contributed by atoms with Crippen LogP contribution in [0.15, 0.2) is 6.33 Å². The van der Waals surface area contributed by atoms with Gasteiger partial charge in [0.1, 0.15) is 6.33 Å². The molecule has 1 aromatic rings. The Hall–Kier alpha value is -0.940. The van der Waals surface area contributed by atoms with Crippen LogP contribution in [0.5, 0.6) is 0 Å². The predicted molar refractivity (Wildman–Crippen MR) is 64.0 cm³/mol. The van der Waals surface area contributed by atoms with Crippen LogP contribution in [0.2, 0.25) is 0 Å². The minimum atomic E-state index is -0.366. The highest BCUT2D eigenvalue weighted by molar-refractivity contribution is 6.18. The van der Waals surface area contributed by atoms with Gasteiger partial charge in [0, 0.05) is 13.1 Å². The van der Waals surface area contributed by atoms with Gasteiger partial charge < -0.3 is 9.64 Å². The summed E-state index contributed by atoms with van der Waals surface area (Å²) in [6.45, 7) is 4.74. The average Bonchev–Trinajstić information content (AvgIpc) is 2.31. The van der Waals surface area contributed by atoms with Crippen molar-refractivity contribution in [1.29, 1.82) is 0 Å². The first-order valence-corrected chi connectivity index (χ1v) is 6.08. The van der Waals surface area contributed by atoms with Crippen LogP contribution in [-0.4, -0.2) is 41.1 Å². The Kier molecular flexibility index (Phi) is 3.79. The van der Waals surface area contributed by atoms with Gasteiger partial charge in [0.15, 0.2) is 11.6 Å². The third-order valence-electron chi connectivity index (χ3n) is 2.74. The first kappa shape index (κ1) is 12.5. The van der Waals surface area contributed by atoms with E-state index < -0.39 is 0 Å². The Morgan fingerprint density at radius 3 is 3.00 bits per heavy atom. The van der Waals surface area contributed by atoms with Crippen molar-refractivity contribution in [2.45, 2.75) is 26.1 Å². The van der Waals surface area contributed by atoms with E-state index in [0.717, 1.165) is 0 Å². The lowest BCUT2D eigenvalue weighted by Gasteiger charge is -2.36. The van der Waals surface area contributed by atoms with Crippen LogP contribution in [0.1, 0.15) is 12.6 Å². The van der Waals surface area contributed by atoms with Crippen LogP contribution < -0.4 is 4.90 Å². The molecule has 1 aliphatic heterocycles. The summed E-state index contributed by atoms with van der Waals surface area (Å²) in [6, 6.07) is 0. The summed E-state index contributed by atoms with van der Waals surface area (Å²) in [5, 5.41) is 0. The van der Waals surface area contributed by atoms with Crippen LogP contribution in [0.3, 0.4) is 0 Å². The molecule has 1 fully saturated rings. The van der Waals surface area contributed by atoms with Crippen molar-refractivity contribution in [1.82, 2.24) is 9.97 Å². The number of aryl methyl sites for hydroxylation is 1. The minimum absolute atomic E-state index is 0.0159. The van der Waals surface area contributed by atoms with Gasteiger partial charge in [-0.15, -0.1) is 11.6 Å². The highest BCUT2D eigenvalue weighted by Crippen LogP contribution is 2.22. The van der Waals surface area contributed by atoms with Crippen molar-refractivity contribution in [3.8, 4) is 0 Å². The largest absolute Gasteiger partial charge is 0.370 e. The van der Waals surface area contributed by atoms with Gasteiger partial charge in [-0.3, -0.25) is 0 Å². The standard InChI is InChI=1S/C11H15ClFN3O/c1-7-4-16(5-9(3-12)17-7)11-10(13)8(2)14-6-15-11/h6-7,9H,3-5H2,1-2H3. The quantitative estimate of drug-likeness (QED) is 0.759. The molecule has 1 aliphatic rings. The Bertz CT molecular complexity index is 404. The highest BCUT2D eigenvalue weighted by atomic mass is 35.5. The summed E-state index contributed by atoms with van der Waals surface area (Å²) < 4.78 is 19.5. The van der Waals surface area contributed by atoms with Crippen molar-refractivity contribution in [2.24, 2.45) is 0 Å². The van der Waals surface area contributed by atoms with Crippen molar-refractivity contribution in [3.63, 3.8) is 0 Å². The molecule has 2 atom stereocenters. The number of morpholine rings is 1. The molecule has 94 valence electrons. The van der Waals surface area contributed by atoms with Crippen LogP contribution in [-0.2, 0) is 4.74 Å². The molecule has 0 aromatic carbocycles. The summed E-state index contributed by atoms with van der Waals surface area (Å²) in [4.78, 5) is 9.70. The second kappa shape index (κ2) is 5.14. The Morgan fingerprint density at radius 2 is 2.29 bits per heavy atom. The summed E-state index contributed by atoms with van der Waals surface area (Å²) in [5.41, 5.74) is 0.358. The first-order valence-electron chi connectivity index (χ1n) is 5.55. The second-order valence-electron chi connectivity index (χ2n) is 4.22. The lowest BCUT2D eigenvalue weighted by molar-refractivity contribution is -0.00378. The monoisotopic (exact) mass is 259 g/mol. The molecule has 17 heavy (non-hydrogen) atoms. The molecule has 0 radical (unpaired) electrons. The van der Waals surface area contributed by atoms with E-state index in [1.54, 1.807) is 6.92 Å². The van der Waals surface area contributed by atoms with Gasteiger partial charge in [-0.05, 0) is 13.8 Å². The molecule has 0 aliphatic carbocycles. The number of halogens is 2. The van der Waals surface area contributed by atoms with E-state index in [9.17, 15) is 4.39 Å². The van der Waals surface area contributed by atoms with E-state index >= 15 is 0 Å². The lowest BCUT2D eigenvalue weighted by atomic mass is 10.2. The number of anilines is 1. The summed E-state index contributed by atoms with van der Waals surface area (Å²) in [7, 11) is 0. The lowest BCUT2D eigenvalue weighted by Crippen LogP contribution is -2.48. The predicted octanol–water partition coefficient (Wildman–Crippen LogP) is 1.76. The summed E-state index contributed by atoms with van der Waals surface area (Å²) >= 11 is 5.79. The molecular weight excluding hydrogens is 245 g/mol. The Morgan fingerprint density at radius 1 is 1.53 bits per heavy atom. The number of ether oxygens (including phenoxy) is 1. The molecule has 4 nitrogen and oxygen atoms in total. The Balaban J connectivity index is 2.23. The smallest absolute Gasteiger partial charge is 0.186 e. The van der Waals surface area contributed by atoms with E-state index in [1.165, 1.54) is 6.33 Å².